The van der Waals surface area contributed by atoms with E-state index >= 15 is 0 Å². The summed E-state index contributed by atoms with van der Waals surface area (Å²) in [6.07, 6.45) is 5.37. The monoisotopic (exact) mass is 256 g/mol. The zero-order valence-electron chi connectivity index (χ0n) is 11.5. The normalized spacial score (nSPS) is 41.1. The van der Waals surface area contributed by atoms with Crippen LogP contribution in [0.25, 0.3) is 0 Å². The molecular weight excluding hydrogens is 228 g/mol. The minimum atomic E-state index is 0.321. The third kappa shape index (κ3) is 3.18. The molecule has 0 aromatic carbocycles. The van der Waals surface area contributed by atoms with E-state index in [1.54, 1.807) is 0 Å². The minimum absolute atomic E-state index is 0.321. The highest BCUT2D eigenvalue weighted by Crippen LogP contribution is 2.40. The number of nitrogens with zero attached hydrogens (tertiary/aromatic N) is 1. The van der Waals surface area contributed by atoms with Crippen LogP contribution in [0, 0.1) is 11.8 Å². The molecule has 2 fully saturated rings. The molecule has 3 heteroatoms. The van der Waals surface area contributed by atoms with Gasteiger partial charge in [0.05, 0.1) is 0 Å². The van der Waals surface area contributed by atoms with Gasteiger partial charge >= 0.3 is 0 Å². The van der Waals surface area contributed by atoms with Crippen molar-refractivity contribution in [1.82, 2.24) is 4.90 Å². The van der Waals surface area contributed by atoms with E-state index in [0.717, 1.165) is 18.4 Å². The summed E-state index contributed by atoms with van der Waals surface area (Å²) < 4.78 is 0. The second-order valence-electron chi connectivity index (χ2n) is 6.24. The Balaban J connectivity index is 2.10. The molecule has 0 aromatic heterocycles. The Kier molecular flexibility index (Phi) is 4.79. The van der Waals surface area contributed by atoms with Gasteiger partial charge in [0.1, 0.15) is 0 Å². The molecule has 0 spiro atoms. The summed E-state index contributed by atoms with van der Waals surface area (Å²) >= 11 is 2.11. The topological polar surface area (TPSA) is 29.3 Å². The fraction of sp³-hybridized carbons (Fsp3) is 1.00. The summed E-state index contributed by atoms with van der Waals surface area (Å²) in [5, 5.41) is 0. The average Bonchev–Trinajstić information content (AvgIpc) is 2.56. The number of nitrogens with two attached hydrogens (primary N) is 1. The predicted octanol–water partition coefficient (Wildman–Crippen LogP) is 2.58. The predicted molar refractivity (Wildman–Crippen MR) is 77.5 cm³/mol. The summed E-state index contributed by atoms with van der Waals surface area (Å²) in [6, 6.07) is 0. The van der Waals surface area contributed by atoms with Gasteiger partial charge in [-0.2, -0.15) is 11.8 Å². The fourth-order valence-corrected chi connectivity index (χ4v) is 4.90. The lowest BCUT2D eigenvalue weighted by Crippen LogP contribution is -2.58. The Morgan fingerprint density at radius 1 is 1.18 bits per heavy atom. The quantitative estimate of drug-likeness (QED) is 0.823. The van der Waals surface area contributed by atoms with E-state index in [9.17, 15) is 0 Å². The molecule has 0 amide bonds. The molecule has 1 aliphatic heterocycles. The lowest BCUT2D eigenvalue weighted by Gasteiger charge is -2.49. The minimum Gasteiger partial charge on any atom is -0.329 e. The highest BCUT2D eigenvalue weighted by Gasteiger charge is 2.41. The van der Waals surface area contributed by atoms with E-state index in [-0.39, 0.29) is 0 Å². The van der Waals surface area contributed by atoms with Gasteiger partial charge in [0, 0.05) is 24.4 Å². The van der Waals surface area contributed by atoms with E-state index in [2.05, 4.69) is 30.5 Å². The van der Waals surface area contributed by atoms with Crippen LogP contribution in [0.4, 0.5) is 0 Å². The van der Waals surface area contributed by atoms with Gasteiger partial charge < -0.3 is 5.73 Å². The molecule has 0 bridgehead atoms. The Hall–Kier alpha value is 0.270. The van der Waals surface area contributed by atoms with Crippen LogP contribution in [-0.4, -0.2) is 41.6 Å². The van der Waals surface area contributed by atoms with Crippen LogP contribution in [0.5, 0.6) is 0 Å². The third-order valence-corrected chi connectivity index (χ3v) is 5.58. The van der Waals surface area contributed by atoms with E-state index in [4.69, 9.17) is 5.73 Å². The van der Waals surface area contributed by atoms with Crippen LogP contribution in [0.1, 0.15) is 39.5 Å². The molecule has 17 heavy (non-hydrogen) atoms. The van der Waals surface area contributed by atoms with Gasteiger partial charge in [0.15, 0.2) is 0 Å². The maximum Gasteiger partial charge on any atom is 0.0337 e. The molecular formula is C14H28N2S. The average molecular weight is 256 g/mol. The summed E-state index contributed by atoms with van der Waals surface area (Å²) in [4.78, 5) is 2.74. The molecule has 1 saturated heterocycles. The van der Waals surface area contributed by atoms with Crippen molar-refractivity contribution >= 4 is 11.8 Å². The first-order valence-electron chi connectivity index (χ1n) is 7.19. The Bertz CT molecular complexity index is 226. The molecule has 100 valence electrons. The first-order valence-corrected chi connectivity index (χ1v) is 8.34. The molecule has 2 aliphatic rings. The lowest BCUT2D eigenvalue weighted by molar-refractivity contribution is 0.0249. The maximum absolute atomic E-state index is 6.20. The van der Waals surface area contributed by atoms with Crippen LogP contribution >= 0.6 is 11.8 Å². The smallest absolute Gasteiger partial charge is 0.0337 e. The van der Waals surface area contributed by atoms with Crippen LogP contribution in [0.3, 0.4) is 0 Å². The fourth-order valence-electron chi connectivity index (χ4n) is 4.01. The molecule has 1 saturated carbocycles. The number of thioether (sulfide) groups is 1. The van der Waals surface area contributed by atoms with Crippen molar-refractivity contribution in [2.24, 2.45) is 17.6 Å². The van der Waals surface area contributed by atoms with Gasteiger partial charge in [-0.25, -0.2) is 0 Å². The van der Waals surface area contributed by atoms with Gasteiger partial charge in [0.25, 0.3) is 0 Å². The van der Waals surface area contributed by atoms with Crippen LogP contribution in [0.15, 0.2) is 0 Å². The summed E-state index contributed by atoms with van der Waals surface area (Å²) in [5.41, 5.74) is 6.52. The Morgan fingerprint density at radius 3 is 2.53 bits per heavy atom. The third-order valence-electron chi connectivity index (χ3n) is 4.53. The van der Waals surface area contributed by atoms with Crippen molar-refractivity contribution in [2.45, 2.75) is 45.1 Å². The van der Waals surface area contributed by atoms with Gasteiger partial charge in [-0.1, -0.05) is 13.8 Å². The Labute approximate surface area is 111 Å². The van der Waals surface area contributed by atoms with Gasteiger partial charge in [-0.05, 0) is 49.8 Å². The molecule has 2 atom stereocenters. The molecule has 0 aromatic rings. The van der Waals surface area contributed by atoms with Crippen molar-refractivity contribution in [3.05, 3.63) is 0 Å². The first kappa shape index (κ1) is 13.7. The summed E-state index contributed by atoms with van der Waals surface area (Å²) in [5.74, 6) is 4.32. The van der Waals surface area contributed by atoms with Crippen molar-refractivity contribution in [1.29, 1.82) is 0 Å². The number of hydrogen-bond donors (Lipinski definition) is 1. The molecule has 2 unspecified atom stereocenters. The SMILES string of the molecule is CC1CC(C)CC(CN)(N2CCCSCC2)C1. The van der Waals surface area contributed by atoms with E-state index in [1.807, 2.05) is 0 Å². The standard InChI is InChI=1S/C14H28N2S/c1-12-8-13(2)10-14(9-12,11-15)16-4-3-6-17-7-5-16/h12-13H,3-11,15H2,1-2H3. The van der Waals surface area contributed by atoms with Crippen molar-refractivity contribution in [3.63, 3.8) is 0 Å². The van der Waals surface area contributed by atoms with Crippen LogP contribution in [0.2, 0.25) is 0 Å². The summed E-state index contributed by atoms with van der Waals surface area (Å²) in [7, 11) is 0. The zero-order chi connectivity index (χ0) is 12.3. The molecule has 1 aliphatic carbocycles. The van der Waals surface area contributed by atoms with Gasteiger partial charge in [-0.15, -0.1) is 0 Å². The molecule has 2 N–H and O–H groups in total. The number of rotatable bonds is 2. The maximum atomic E-state index is 6.20. The molecule has 2 nitrogen and oxygen atoms in total. The van der Waals surface area contributed by atoms with Crippen LogP contribution < -0.4 is 5.73 Å². The van der Waals surface area contributed by atoms with Crippen molar-refractivity contribution < 1.29 is 0 Å². The second-order valence-corrected chi connectivity index (χ2v) is 7.46. The van der Waals surface area contributed by atoms with Crippen molar-refractivity contribution in [2.75, 3.05) is 31.1 Å². The molecule has 1 heterocycles. The van der Waals surface area contributed by atoms with E-state index < -0.39 is 0 Å². The van der Waals surface area contributed by atoms with Gasteiger partial charge in [0.2, 0.25) is 0 Å². The summed E-state index contributed by atoms with van der Waals surface area (Å²) in [6.45, 7) is 8.19. The zero-order valence-corrected chi connectivity index (χ0v) is 12.3. The number of hydrogen-bond acceptors (Lipinski definition) is 3. The highest BCUT2D eigenvalue weighted by molar-refractivity contribution is 7.99. The second kappa shape index (κ2) is 5.94. The largest absolute Gasteiger partial charge is 0.329 e. The highest BCUT2D eigenvalue weighted by atomic mass is 32.2. The molecule has 2 rings (SSSR count). The Morgan fingerprint density at radius 2 is 1.88 bits per heavy atom. The molecule has 0 radical (unpaired) electrons. The van der Waals surface area contributed by atoms with Crippen LogP contribution in [-0.2, 0) is 0 Å². The lowest BCUT2D eigenvalue weighted by atomic mass is 9.70. The van der Waals surface area contributed by atoms with E-state index in [1.165, 1.54) is 50.3 Å². The van der Waals surface area contributed by atoms with Crippen molar-refractivity contribution in [3.8, 4) is 0 Å². The van der Waals surface area contributed by atoms with E-state index in [0.29, 0.717) is 5.54 Å². The first-order chi connectivity index (χ1) is 8.16. The van der Waals surface area contributed by atoms with Gasteiger partial charge in [-0.3, -0.25) is 4.90 Å².